The monoisotopic (exact) mass is 429 g/mol. The lowest BCUT2D eigenvalue weighted by molar-refractivity contribution is -0.0728. The SMILES string of the molecule is CCC(NC(=O)c1ccc(Cn2nc(C)c(Cl)c2C)o1)C12CC3CC(CC(C3)C1)C2. The van der Waals surface area contributed by atoms with Crippen molar-refractivity contribution in [3.63, 3.8) is 0 Å². The van der Waals surface area contributed by atoms with Crippen molar-refractivity contribution in [3.05, 3.63) is 40.1 Å². The second-order valence-corrected chi connectivity index (χ2v) is 10.5. The maximum atomic E-state index is 13.0. The van der Waals surface area contributed by atoms with Gasteiger partial charge in [0.25, 0.3) is 5.91 Å². The fraction of sp³-hybridized carbons (Fsp3) is 0.667. The Kier molecular flexibility index (Phi) is 5.00. The van der Waals surface area contributed by atoms with Crippen LogP contribution in [0.4, 0.5) is 0 Å². The number of furan rings is 1. The molecule has 0 saturated heterocycles. The fourth-order valence-corrected chi connectivity index (χ4v) is 7.22. The predicted molar refractivity (Wildman–Crippen MR) is 117 cm³/mol. The molecule has 162 valence electrons. The standard InChI is InChI=1S/C24H32ClN3O2/c1-4-21(24-10-16-7-17(11-24)9-18(8-16)12-24)26-23(29)20-6-5-19(30-20)13-28-15(3)22(25)14(2)27-28/h5-6,16-18,21H,4,7-13H2,1-3H3,(H,26,29). The van der Waals surface area contributed by atoms with Crippen molar-refractivity contribution in [2.45, 2.75) is 78.3 Å². The number of carbonyl (C=O) groups excluding carboxylic acids is 1. The lowest BCUT2D eigenvalue weighted by Gasteiger charge is -2.59. The molecule has 5 nitrogen and oxygen atoms in total. The van der Waals surface area contributed by atoms with Crippen molar-refractivity contribution in [1.29, 1.82) is 0 Å². The van der Waals surface area contributed by atoms with E-state index in [0.29, 0.717) is 28.5 Å². The lowest BCUT2D eigenvalue weighted by Crippen LogP contribution is -2.56. The molecule has 6 heteroatoms. The second kappa shape index (κ2) is 7.44. The van der Waals surface area contributed by atoms with Crippen LogP contribution >= 0.6 is 11.6 Å². The first kappa shape index (κ1) is 20.2. The number of aromatic nitrogens is 2. The maximum Gasteiger partial charge on any atom is 0.287 e. The van der Waals surface area contributed by atoms with Crippen LogP contribution < -0.4 is 5.32 Å². The Morgan fingerprint density at radius 1 is 1.23 bits per heavy atom. The average Bonchev–Trinajstić information content (AvgIpc) is 3.26. The van der Waals surface area contributed by atoms with E-state index in [2.05, 4.69) is 17.3 Å². The molecule has 6 rings (SSSR count). The largest absolute Gasteiger partial charge is 0.454 e. The van der Waals surface area contributed by atoms with E-state index in [0.717, 1.165) is 35.6 Å². The maximum absolute atomic E-state index is 13.0. The highest BCUT2D eigenvalue weighted by Gasteiger charge is 2.54. The third-order valence-corrected chi connectivity index (χ3v) is 8.57. The number of halogens is 1. The lowest BCUT2D eigenvalue weighted by atomic mass is 9.47. The van der Waals surface area contributed by atoms with Crippen molar-refractivity contribution in [2.75, 3.05) is 0 Å². The number of carbonyl (C=O) groups is 1. The Balaban J connectivity index is 1.29. The summed E-state index contributed by atoms with van der Waals surface area (Å²) in [6.07, 6.45) is 9.11. The Morgan fingerprint density at radius 2 is 1.87 bits per heavy atom. The van der Waals surface area contributed by atoms with E-state index in [1.165, 1.54) is 38.5 Å². The topological polar surface area (TPSA) is 60.1 Å². The molecule has 4 aliphatic carbocycles. The first-order chi connectivity index (χ1) is 14.4. The molecule has 0 spiro atoms. The van der Waals surface area contributed by atoms with Crippen LogP contribution in [0.1, 0.15) is 79.6 Å². The van der Waals surface area contributed by atoms with Gasteiger partial charge >= 0.3 is 0 Å². The average molecular weight is 430 g/mol. The van der Waals surface area contributed by atoms with Gasteiger partial charge in [-0.3, -0.25) is 9.48 Å². The van der Waals surface area contributed by atoms with Gasteiger partial charge in [0.2, 0.25) is 0 Å². The van der Waals surface area contributed by atoms with Crippen molar-refractivity contribution in [1.82, 2.24) is 15.1 Å². The van der Waals surface area contributed by atoms with Crippen molar-refractivity contribution in [3.8, 4) is 0 Å². The molecule has 1 N–H and O–H groups in total. The summed E-state index contributed by atoms with van der Waals surface area (Å²) in [6.45, 7) is 6.51. The van der Waals surface area contributed by atoms with Crippen molar-refractivity contribution >= 4 is 17.5 Å². The van der Waals surface area contributed by atoms with Gasteiger partial charge in [0.15, 0.2) is 5.76 Å². The summed E-state index contributed by atoms with van der Waals surface area (Å²) < 4.78 is 7.72. The Morgan fingerprint density at radius 3 is 2.40 bits per heavy atom. The van der Waals surface area contributed by atoms with Crippen LogP contribution in [0, 0.1) is 37.0 Å². The van der Waals surface area contributed by atoms with Crippen LogP contribution in [0.5, 0.6) is 0 Å². The Hall–Kier alpha value is -1.75. The molecule has 4 saturated carbocycles. The van der Waals surface area contributed by atoms with Crippen molar-refractivity contribution in [2.24, 2.45) is 23.2 Å². The predicted octanol–water partition coefficient (Wildman–Crippen LogP) is 5.52. The minimum Gasteiger partial charge on any atom is -0.454 e. The molecule has 2 aromatic rings. The molecule has 4 aliphatic rings. The van der Waals surface area contributed by atoms with Crippen LogP contribution in [0.25, 0.3) is 0 Å². The van der Waals surface area contributed by atoms with Gasteiger partial charge in [-0.15, -0.1) is 0 Å². The zero-order valence-electron chi connectivity index (χ0n) is 18.2. The van der Waals surface area contributed by atoms with Gasteiger partial charge in [0.05, 0.1) is 23.0 Å². The van der Waals surface area contributed by atoms with E-state index in [4.69, 9.17) is 16.0 Å². The van der Waals surface area contributed by atoms with Gasteiger partial charge < -0.3 is 9.73 Å². The van der Waals surface area contributed by atoms with E-state index in [1.807, 2.05) is 24.6 Å². The van der Waals surface area contributed by atoms with Crippen LogP contribution in [0.15, 0.2) is 16.5 Å². The molecular formula is C24H32ClN3O2. The molecule has 4 fully saturated rings. The van der Waals surface area contributed by atoms with Crippen LogP contribution in [0.3, 0.4) is 0 Å². The smallest absolute Gasteiger partial charge is 0.287 e. The Labute approximate surface area is 183 Å². The van der Waals surface area contributed by atoms with E-state index in [1.54, 1.807) is 6.07 Å². The molecule has 2 heterocycles. The first-order valence-electron chi connectivity index (χ1n) is 11.5. The molecule has 1 atom stereocenters. The summed E-state index contributed by atoms with van der Waals surface area (Å²) in [5.74, 6) is 3.65. The number of nitrogens with zero attached hydrogens (tertiary/aromatic N) is 2. The number of nitrogens with one attached hydrogen (secondary N) is 1. The molecule has 1 amide bonds. The first-order valence-corrected chi connectivity index (χ1v) is 11.8. The van der Waals surface area contributed by atoms with Gasteiger partial charge in [0, 0.05) is 6.04 Å². The Bertz CT molecular complexity index is 925. The minimum atomic E-state index is -0.0877. The minimum absolute atomic E-state index is 0.0877. The molecule has 30 heavy (non-hydrogen) atoms. The molecule has 1 unspecified atom stereocenters. The summed E-state index contributed by atoms with van der Waals surface area (Å²) >= 11 is 6.24. The summed E-state index contributed by atoms with van der Waals surface area (Å²) in [6, 6.07) is 3.89. The van der Waals surface area contributed by atoms with E-state index >= 15 is 0 Å². The molecule has 0 radical (unpaired) electrons. The van der Waals surface area contributed by atoms with Gasteiger partial charge in [-0.2, -0.15) is 5.10 Å². The zero-order valence-corrected chi connectivity index (χ0v) is 19.0. The van der Waals surface area contributed by atoms with E-state index < -0.39 is 0 Å². The van der Waals surface area contributed by atoms with Crippen LogP contribution in [-0.4, -0.2) is 21.7 Å². The molecule has 4 bridgehead atoms. The summed E-state index contributed by atoms with van der Waals surface area (Å²) in [4.78, 5) is 13.0. The molecule has 2 aromatic heterocycles. The van der Waals surface area contributed by atoms with Crippen LogP contribution in [0.2, 0.25) is 5.02 Å². The normalized spacial score (nSPS) is 30.6. The summed E-state index contributed by atoms with van der Waals surface area (Å²) in [5.41, 5.74) is 2.01. The number of hydrogen-bond acceptors (Lipinski definition) is 3. The van der Waals surface area contributed by atoms with Crippen LogP contribution in [-0.2, 0) is 6.54 Å². The van der Waals surface area contributed by atoms with E-state index in [9.17, 15) is 4.79 Å². The summed E-state index contributed by atoms with van der Waals surface area (Å²) in [5, 5.41) is 8.50. The van der Waals surface area contributed by atoms with Gasteiger partial charge in [0.1, 0.15) is 5.76 Å². The summed E-state index contributed by atoms with van der Waals surface area (Å²) in [7, 11) is 0. The number of amides is 1. The molecule has 0 aromatic carbocycles. The molecule has 0 aliphatic heterocycles. The van der Waals surface area contributed by atoms with Crippen molar-refractivity contribution < 1.29 is 9.21 Å². The van der Waals surface area contributed by atoms with Gasteiger partial charge in [-0.25, -0.2) is 0 Å². The highest BCUT2D eigenvalue weighted by Crippen LogP contribution is 2.61. The molecular weight excluding hydrogens is 398 g/mol. The zero-order chi connectivity index (χ0) is 21.0. The number of rotatable bonds is 6. The highest BCUT2D eigenvalue weighted by atomic mass is 35.5. The van der Waals surface area contributed by atoms with E-state index in [-0.39, 0.29) is 11.9 Å². The van der Waals surface area contributed by atoms with Gasteiger partial charge in [-0.05, 0) is 94.1 Å². The number of hydrogen-bond donors (Lipinski definition) is 1. The fourth-order valence-electron chi connectivity index (χ4n) is 7.08. The second-order valence-electron chi connectivity index (χ2n) is 10.1. The van der Waals surface area contributed by atoms with Gasteiger partial charge in [-0.1, -0.05) is 18.5 Å². The third-order valence-electron chi connectivity index (χ3n) is 8.02. The third kappa shape index (κ3) is 3.39. The highest BCUT2D eigenvalue weighted by molar-refractivity contribution is 6.31. The quantitative estimate of drug-likeness (QED) is 0.657. The number of aryl methyl sites for hydroxylation is 1.